The first kappa shape index (κ1) is 26.6. The van der Waals surface area contributed by atoms with Crippen molar-refractivity contribution in [3.8, 4) is 11.5 Å². The van der Waals surface area contributed by atoms with Crippen LogP contribution in [-0.4, -0.2) is 72.0 Å². The molecule has 0 amide bonds. The van der Waals surface area contributed by atoms with Gasteiger partial charge in [-0.3, -0.25) is 0 Å². The van der Waals surface area contributed by atoms with Gasteiger partial charge in [0.2, 0.25) is 0 Å². The predicted octanol–water partition coefficient (Wildman–Crippen LogP) is 4.49. The predicted molar refractivity (Wildman–Crippen MR) is 161 cm³/mol. The zero-order valence-corrected chi connectivity index (χ0v) is 23.9. The number of nitrogens with one attached hydrogen (secondary N) is 2. The second kappa shape index (κ2) is 11.9. The number of nitrogens with zero attached hydrogens (tertiary/aromatic N) is 4. The van der Waals surface area contributed by atoms with Crippen molar-refractivity contribution < 1.29 is 13.9 Å². The van der Waals surface area contributed by atoms with Gasteiger partial charge in [-0.15, -0.1) is 0 Å². The largest absolute Gasteiger partial charge is 0.493 e. The number of para-hydroxylation sites is 1. The lowest BCUT2D eigenvalue weighted by molar-refractivity contribution is 0.148. The molecule has 40 heavy (non-hydrogen) atoms. The van der Waals surface area contributed by atoms with Gasteiger partial charge in [-0.25, -0.2) is 9.97 Å². The Morgan fingerprint density at radius 1 is 1.12 bits per heavy atom. The summed E-state index contributed by atoms with van der Waals surface area (Å²) in [4.78, 5) is 13.7. The maximum Gasteiger partial charge on any atom is 0.169 e. The summed E-state index contributed by atoms with van der Waals surface area (Å²) in [5.41, 5.74) is 2.84. The van der Waals surface area contributed by atoms with Crippen LogP contribution in [-0.2, 0) is 6.54 Å². The van der Waals surface area contributed by atoms with E-state index >= 15 is 0 Å². The highest BCUT2D eigenvalue weighted by molar-refractivity contribution is 7.80. The molecule has 4 heterocycles. The Labute approximate surface area is 239 Å². The number of thiocarbonyl (C=S) groups is 1. The minimum Gasteiger partial charge on any atom is -0.493 e. The molecule has 2 aliphatic heterocycles. The first-order chi connectivity index (χ1) is 19.6. The van der Waals surface area contributed by atoms with Gasteiger partial charge in [0.1, 0.15) is 23.8 Å². The zero-order chi connectivity index (χ0) is 27.5. The van der Waals surface area contributed by atoms with Crippen molar-refractivity contribution in [3.05, 3.63) is 54.6 Å². The lowest BCUT2D eigenvalue weighted by Gasteiger charge is -2.37. The number of ether oxygens (including phenoxy) is 2. The summed E-state index contributed by atoms with van der Waals surface area (Å²) in [5.74, 6) is 2.31. The quantitative estimate of drug-likeness (QED) is 0.315. The average molecular weight is 561 g/mol. The van der Waals surface area contributed by atoms with Crippen LogP contribution in [0.1, 0.15) is 31.7 Å². The fourth-order valence-electron chi connectivity index (χ4n) is 5.69. The van der Waals surface area contributed by atoms with Gasteiger partial charge in [-0.1, -0.05) is 24.6 Å². The number of fused-ring (bicyclic) bond motifs is 2. The van der Waals surface area contributed by atoms with Crippen LogP contribution in [0, 0.1) is 0 Å². The van der Waals surface area contributed by atoms with Gasteiger partial charge < -0.3 is 34.3 Å². The van der Waals surface area contributed by atoms with E-state index in [1.165, 1.54) is 12.8 Å². The number of piperidine rings is 1. The van der Waals surface area contributed by atoms with E-state index in [2.05, 4.69) is 43.4 Å². The Hall–Kier alpha value is -3.63. The Morgan fingerprint density at radius 3 is 2.77 bits per heavy atom. The lowest BCUT2D eigenvalue weighted by atomic mass is 10.0. The monoisotopic (exact) mass is 560 g/mol. The first-order valence-corrected chi connectivity index (χ1v) is 14.5. The summed E-state index contributed by atoms with van der Waals surface area (Å²) in [7, 11) is 1.68. The highest BCUT2D eigenvalue weighted by atomic mass is 32.1. The number of hydrogen-bond donors (Lipinski definition) is 2. The second-order valence-corrected chi connectivity index (χ2v) is 10.9. The van der Waals surface area contributed by atoms with Crippen molar-refractivity contribution in [3.63, 3.8) is 0 Å². The molecular formula is C30H36N6O3S. The van der Waals surface area contributed by atoms with E-state index in [-0.39, 0.29) is 6.10 Å². The molecule has 0 saturated carbocycles. The Balaban J connectivity index is 1.11. The van der Waals surface area contributed by atoms with E-state index in [0.29, 0.717) is 24.1 Å². The fraction of sp³-hybridized carbons (Fsp3) is 0.433. The van der Waals surface area contributed by atoms with E-state index in [9.17, 15) is 0 Å². The van der Waals surface area contributed by atoms with E-state index in [1.54, 1.807) is 19.7 Å². The molecule has 9 nitrogen and oxygen atoms in total. The number of methoxy groups -OCH3 is 1. The van der Waals surface area contributed by atoms with Crippen molar-refractivity contribution in [2.75, 3.05) is 44.7 Å². The highest BCUT2D eigenvalue weighted by Gasteiger charge is 2.25. The van der Waals surface area contributed by atoms with E-state index < -0.39 is 0 Å². The number of benzene rings is 2. The number of rotatable bonds is 7. The molecule has 2 aliphatic rings. The molecule has 2 unspecified atom stereocenters. The molecule has 2 aromatic carbocycles. The Morgan fingerprint density at radius 2 is 1.98 bits per heavy atom. The number of anilines is 1. The van der Waals surface area contributed by atoms with Crippen LogP contribution >= 0.6 is 12.2 Å². The van der Waals surface area contributed by atoms with Crippen molar-refractivity contribution in [2.24, 2.45) is 0 Å². The molecule has 4 aromatic rings. The summed E-state index contributed by atoms with van der Waals surface area (Å²) in [5, 5.41) is 9.81. The number of furan rings is 1. The molecule has 2 aromatic heterocycles. The summed E-state index contributed by atoms with van der Waals surface area (Å²) >= 11 is 5.74. The molecule has 0 bridgehead atoms. The van der Waals surface area contributed by atoms with Gasteiger partial charge in [0.25, 0.3) is 0 Å². The molecule has 0 spiro atoms. The SMILES string of the molecule is COc1cc2c(N3CCN(C(=S)NCc4coc5ccccc45)CC3)ncnc2cc1OC(C)C1CCCCN1. The second-order valence-electron chi connectivity index (χ2n) is 10.5. The number of aromatic nitrogens is 2. The molecular weight excluding hydrogens is 524 g/mol. The van der Waals surface area contributed by atoms with Gasteiger partial charge in [0, 0.05) is 61.2 Å². The topological polar surface area (TPSA) is 87.9 Å². The molecule has 2 saturated heterocycles. The van der Waals surface area contributed by atoms with Gasteiger partial charge in [-0.2, -0.15) is 0 Å². The molecule has 10 heteroatoms. The third-order valence-corrected chi connectivity index (χ3v) is 8.39. The third kappa shape index (κ3) is 5.51. The molecule has 210 valence electrons. The number of hydrogen-bond acceptors (Lipinski definition) is 8. The van der Waals surface area contributed by atoms with Crippen molar-refractivity contribution in [2.45, 2.75) is 44.9 Å². The van der Waals surface area contributed by atoms with E-state index in [0.717, 1.165) is 77.5 Å². The van der Waals surface area contributed by atoms with Crippen molar-refractivity contribution in [1.29, 1.82) is 0 Å². The molecule has 2 N–H and O–H groups in total. The normalized spacial score (nSPS) is 18.6. The highest BCUT2D eigenvalue weighted by Crippen LogP contribution is 2.36. The fourth-order valence-corrected chi connectivity index (χ4v) is 5.94. The van der Waals surface area contributed by atoms with Gasteiger partial charge in [0.05, 0.1) is 18.9 Å². The molecule has 2 fully saturated rings. The Kier molecular flexibility index (Phi) is 7.88. The standard InChI is InChI=1S/C30H36N6O3S/c1-20(24-8-5-6-10-31-24)39-28-16-25-23(15-27(28)37-2)29(34-19-33-25)35-11-13-36(14-12-35)30(40)32-17-21-18-38-26-9-4-3-7-22(21)26/h3-4,7,9,15-16,18-20,24,31H,5-6,8,10-14,17H2,1-2H3,(H,32,40). The van der Waals surface area contributed by atoms with Crippen molar-refractivity contribution >= 4 is 45.0 Å². The number of piperazine rings is 1. The van der Waals surface area contributed by atoms with Crippen LogP contribution in [0.4, 0.5) is 5.82 Å². The average Bonchev–Trinajstić information content (AvgIpc) is 3.42. The third-order valence-electron chi connectivity index (χ3n) is 7.99. The van der Waals surface area contributed by atoms with Gasteiger partial charge in [0.15, 0.2) is 16.6 Å². The summed E-state index contributed by atoms with van der Waals surface area (Å²) in [6, 6.07) is 12.4. The van der Waals surface area contributed by atoms with Gasteiger partial charge >= 0.3 is 0 Å². The van der Waals surface area contributed by atoms with Crippen LogP contribution in [0.3, 0.4) is 0 Å². The van der Waals surface area contributed by atoms with E-state index in [4.69, 9.17) is 26.1 Å². The van der Waals surface area contributed by atoms with Crippen LogP contribution in [0.15, 0.2) is 53.4 Å². The maximum atomic E-state index is 6.39. The maximum absolute atomic E-state index is 6.39. The Bertz CT molecular complexity index is 1480. The first-order valence-electron chi connectivity index (χ1n) is 14.1. The lowest BCUT2D eigenvalue weighted by Crippen LogP contribution is -2.51. The van der Waals surface area contributed by atoms with Gasteiger partial charge in [-0.05, 0) is 50.7 Å². The van der Waals surface area contributed by atoms with E-state index in [1.807, 2.05) is 30.3 Å². The van der Waals surface area contributed by atoms with Crippen LogP contribution in [0.5, 0.6) is 11.5 Å². The molecule has 0 radical (unpaired) electrons. The molecule has 0 aliphatic carbocycles. The summed E-state index contributed by atoms with van der Waals surface area (Å²) in [6.07, 6.45) is 7.04. The summed E-state index contributed by atoms with van der Waals surface area (Å²) < 4.78 is 17.8. The smallest absolute Gasteiger partial charge is 0.169 e. The zero-order valence-electron chi connectivity index (χ0n) is 23.1. The summed E-state index contributed by atoms with van der Waals surface area (Å²) in [6.45, 7) is 6.99. The minimum absolute atomic E-state index is 0.0331. The van der Waals surface area contributed by atoms with Crippen LogP contribution in [0.2, 0.25) is 0 Å². The minimum atomic E-state index is 0.0331. The van der Waals surface area contributed by atoms with Crippen molar-refractivity contribution in [1.82, 2.24) is 25.5 Å². The molecule has 2 atom stereocenters. The molecule has 6 rings (SSSR count). The van der Waals surface area contributed by atoms with Crippen LogP contribution in [0.25, 0.3) is 21.9 Å². The van der Waals surface area contributed by atoms with Crippen LogP contribution < -0.4 is 25.0 Å².